The summed E-state index contributed by atoms with van der Waals surface area (Å²) >= 11 is 4.51. The Bertz CT molecular complexity index is 652. The highest BCUT2D eigenvalue weighted by Gasteiger charge is 2.33. The monoisotopic (exact) mass is 378 g/mol. The first-order valence-electron chi connectivity index (χ1n) is 6.25. The van der Waals surface area contributed by atoms with Gasteiger partial charge in [0.1, 0.15) is 0 Å². The maximum absolute atomic E-state index is 12.9. The molecule has 0 aliphatic carbocycles. The molecule has 0 saturated heterocycles. The van der Waals surface area contributed by atoms with E-state index in [0.717, 1.165) is 21.6 Å². The minimum atomic E-state index is -4.38. The number of anilines is 1. The Hall–Kier alpha value is -1.08. The number of nitrogens with zero attached hydrogens (tertiary/aromatic N) is 1. The Morgan fingerprint density at radius 1 is 1.29 bits per heavy atom. The second kappa shape index (κ2) is 5.96. The largest absolute Gasteiger partial charge is 0.417 e. The van der Waals surface area contributed by atoms with E-state index >= 15 is 0 Å². The number of alkyl halides is 3. The number of hydrogen-bond acceptors (Lipinski definition) is 3. The van der Waals surface area contributed by atoms with Crippen molar-refractivity contribution in [1.82, 2.24) is 4.98 Å². The van der Waals surface area contributed by atoms with E-state index in [9.17, 15) is 13.2 Å². The molecule has 21 heavy (non-hydrogen) atoms. The SMILES string of the molecule is Cc1nc(C(C)Nc2ccc(Br)c(C(F)(F)F)c2)c(C)s1. The third-order valence-electron chi connectivity index (χ3n) is 3.00. The molecular formula is C14H14BrF3N2S. The van der Waals surface area contributed by atoms with Gasteiger partial charge in [0, 0.05) is 15.0 Å². The lowest BCUT2D eigenvalue weighted by Crippen LogP contribution is -2.11. The fourth-order valence-corrected chi connectivity index (χ4v) is 3.48. The van der Waals surface area contributed by atoms with Crippen LogP contribution >= 0.6 is 27.3 Å². The zero-order valence-electron chi connectivity index (χ0n) is 11.7. The maximum Gasteiger partial charge on any atom is 0.417 e. The molecule has 1 unspecified atom stereocenters. The fourth-order valence-electron chi connectivity index (χ4n) is 2.10. The summed E-state index contributed by atoms with van der Waals surface area (Å²) in [6.07, 6.45) is -4.38. The van der Waals surface area contributed by atoms with Crippen LogP contribution in [0.25, 0.3) is 0 Å². The molecule has 0 fully saturated rings. The molecule has 1 aromatic heterocycles. The van der Waals surface area contributed by atoms with Crippen molar-refractivity contribution >= 4 is 33.0 Å². The molecule has 1 aromatic carbocycles. The fraction of sp³-hybridized carbons (Fsp3) is 0.357. The topological polar surface area (TPSA) is 24.9 Å². The molecule has 0 amide bonds. The molecule has 0 spiro atoms. The van der Waals surface area contributed by atoms with Gasteiger partial charge in [-0.15, -0.1) is 11.3 Å². The summed E-state index contributed by atoms with van der Waals surface area (Å²) < 4.78 is 38.7. The van der Waals surface area contributed by atoms with Crippen molar-refractivity contribution in [2.24, 2.45) is 0 Å². The predicted octanol–water partition coefficient (Wildman–Crippen LogP) is 5.71. The van der Waals surface area contributed by atoms with Gasteiger partial charge in [0.15, 0.2) is 0 Å². The van der Waals surface area contributed by atoms with Gasteiger partial charge in [0.25, 0.3) is 0 Å². The number of aromatic nitrogens is 1. The average molecular weight is 379 g/mol. The first-order valence-corrected chi connectivity index (χ1v) is 7.86. The van der Waals surface area contributed by atoms with E-state index in [4.69, 9.17) is 0 Å². The number of nitrogens with one attached hydrogen (secondary N) is 1. The zero-order chi connectivity index (χ0) is 15.8. The van der Waals surface area contributed by atoms with Crippen molar-refractivity contribution in [3.8, 4) is 0 Å². The van der Waals surface area contributed by atoms with Crippen LogP contribution in [-0.4, -0.2) is 4.98 Å². The Kier molecular flexibility index (Phi) is 4.63. The Morgan fingerprint density at radius 2 is 1.95 bits per heavy atom. The van der Waals surface area contributed by atoms with Gasteiger partial charge < -0.3 is 5.32 Å². The van der Waals surface area contributed by atoms with Crippen LogP contribution in [-0.2, 0) is 6.18 Å². The molecule has 114 valence electrons. The molecule has 0 radical (unpaired) electrons. The van der Waals surface area contributed by atoms with Crippen LogP contribution in [0, 0.1) is 13.8 Å². The lowest BCUT2D eigenvalue weighted by molar-refractivity contribution is -0.138. The number of thiazole rings is 1. The van der Waals surface area contributed by atoms with Crippen molar-refractivity contribution in [2.45, 2.75) is 33.0 Å². The van der Waals surface area contributed by atoms with E-state index in [2.05, 4.69) is 26.2 Å². The van der Waals surface area contributed by atoms with Gasteiger partial charge in [0.2, 0.25) is 0 Å². The third kappa shape index (κ3) is 3.77. The Morgan fingerprint density at radius 3 is 2.48 bits per heavy atom. The van der Waals surface area contributed by atoms with E-state index in [1.165, 1.54) is 6.07 Å². The van der Waals surface area contributed by atoms with E-state index < -0.39 is 11.7 Å². The number of halogens is 4. The predicted molar refractivity (Wildman–Crippen MR) is 82.8 cm³/mol. The van der Waals surface area contributed by atoms with Crippen molar-refractivity contribution < 1.29 is 13.2 Å². The second-order valence-corrected chi connectivity index (χ2v) is 6.99. The van der Waals surface area contributed by atoms with Crippen LogP contribution in [0.15, 0.2) is 22.7 Å². The van der Waals surface area contributed by atoms with E-state index in [1.54, 1.807) is 17.4 Å². The lowest BCUT2D eigenvalue weighted by Gasteiger charge is -2.16. The minimum Gasteiger partial charge on any atom is -0.377 e. The van der Waals surface area contributed by atoms with Crippen LogP contribution < -0.4 is 5.32 Å². The van der Waals surface area contributed by atoms with Crippen molar-refractivity contribution in [1.29, 1.82) is 0 Å². The van der Waals surface area contributed by atoms with Crippen LogP contribution in [0.3, 0.4) is 0 Å². The average Bonchev–Trinajstić information content (AvgIpc) is 2.69. The molecule has 0 aliphatic heterocycles. The first kappa shape index (κ1) is 16.3. The Labute approximate surface area is 133 Å². The van der Waals surface area contributed by atoms with Gasteiger partial charge in [-0.3, -0.25) is 0 Å². The minimum absolute atomic E-state index is 0.0360. The van der Waals surface area contributed by atoms with Gasteiger partial charge in [-0.05, 0) is 39.0 Å². The molecular weight excluding hydrogens is 365 g/mol. The summed E-state index contributed by atoms with van der Waals surface area (Å²) in [5.74, 6) is 0. The molecule has 1 heterocycles. The van der Waals surface area contributed by atoms with Gasteiger partial charge in [0.05, 0.1) is 22.3 Å². The standard InChI is InChI=1S/C14H14BrF3N2S/c1-7(13-8(2)21-9(3)20-13)19-10-4-5-12(15)11(6-10)14(16,17)18/h4-7,19H,1-3H3. The quantitative estimate of drug-likeness (QED) is 0.739. The molecule has 2 rings (SSSR count). The molecule has 0 bridgehead atoms. The van der Waals surface area contributed by atoms with E-state index in [-0.39, 0.29) is 10.5 Å². The lowest BCUT2D eigenvalue weighted by atomic mass is 10.1. The summed E-state index contributed by atoms with van der Waals surface area (Å²) in [7, 11) is 0. The highest BCUT2D eigenvalue weighted by molar-refractivity contribution is 9.10. The highest BCUT2D eigenvalue weighted by atomic mass is 79.9. The smallest absolute Gasteiger partial charge is 0.377 e. The molecule has 1 N–H and O–H groups in total. The van der Waals surface area contributed by atoms with Gasteiger partial charge in [-0.25, -0.2) is 4.98 Å². The van der Waals surface area contributed by atoms with Gasteiger partial charge in [-0.1, -0.05) is 15.9 Å². The molecule has 7 heteroatoms. The molecule has 0 saturated carbocycles. The summed E-state index contributed by atoms with van der Waals surface area (Å²) in [4.78, 5) is 5.49. The normalized spacial score (nSPS) is 13.3. The molecule has 2 aromatic rings. The summed E-state index contributed by atoms with van der Waals surface area (Å²) in [6.45, 7) is 5.76. The number of hydrogen-bond donors (Lipinski definition) is 1. The van der Waals surface area contributed by atoms with Crippen LogP contribution in [0.1, 0.15) is 34.1 Å². The molecule has 1 atom stereocenters. The van der Waals surface area contributed by atoms with Crippen LogP contribution in [0.5, 0.6) is 0 Å². The summed E-state index contributed by atoms with van der Waals surface area (Å²) in [5.41, 5.74) is 0.600. The third-order valence-corrected chi connectivity index (χ3v) is 4.60. The maximum atomic E-state index is 12.9. The highest BCUT2D eigenvalue weighted by Crippen LogP contribution is 2.37. The number of aryl methyl sites for hydroxylation is 2. The van der Waals surface area contributed by atoms with Crippen molar-refractivity contribution in [3.63, 3.8) is 0 Å². The van der Waals surface area contributed by atoms with Crippen LogP contribution in [0.2, 0.25) is 0 Å². The zero-order valence-corrected chi connectivity index (χ0v) is 14.1. The second-order valence-electron chi connectivity index (χ2n) is 4.73. The molecule has 0 aliphatic rings. The van der Waals surface area contributed by atoms with Crippen LogP contribution in [0.4, 0.5) is 18.9 Å². The van der Waals surface area contributed by atoms with Gasteiger partial charge in [-0.2, -0.15) is 13.2 Å². The number of rotatable bonds is 3. The number of benzene rings is 1. The summed E-state index contributed by atoms with van der Waals surface area (Å²) in [6, 6.07) is 3.97. The Balaban J connectivity index is 2.26. The van der Waals surface area contributed by atoms with Crippen molar-refractivity contribution in [3.05, 3.63) is 43.8 Å². The first-order chi connectivity index (χ1) is 9.68. The summed E-state index contributed by atoms with van der Waals surface area (Å²) in [5, 5.41) is 4.02. The van der Waals surface area contributed by atoms with E-state index in [0.29, 0.717) is 5.69 Å². The molecule has 2 nitrogen and oxygen atoms in total. The van der Waals surface area contributed by atoms with E-state index in [1.807, 2.05) is 20.8 Å². The van der Waals surface area contributed by atoms with Crippen molar-refractivity contribution in [2.75, 3.05) is 5.32 Å². The van der Waals surface area contributed by atoms with Gasteiger partial charge >= 0.3 is 6.18 Å².